The molecule has 114 valence electrons. The molecule has 0 aliphatic rings. The van der Waals surface area contributed by atoms with E-state index in [2.05, 4.69) is 4.98 Å². The zero-order valence-corrected chi connectivity index (χ0v) is 11.8. The number of hydrogen-bond donors (Lipinski definition) is 0. The molecule has 1 heterocycles. The van der Waals surface area contributed by atoms with Crippen molar-refractivity contribution in [3.63, 3.8) is 0 Å². The van der Waals surface area contributed by atoms with E-state index in [1.165, 1.54) is 6.07 Å². The van der Waals surface area contributed by atoms with Gasteiger partial charge >= 0.3 is 6.18 Å². The molecule has 0 atom stereocenters. The zero-order chi connectivity index (χ0) is 16.0. The van der Waals surface area contributed by atoms with Crippen molar-refractivity contribution >= 4 is 21.1 Å². The number of nitrogens with zero attached hydrogens (tertiary/aromatic N) is 2. The van der Waals surface area contributed by atoms with Crippen LogP contribution in [0.3, 0.4) is 0 Å². The smallest absolute Gasteiger partial charge is 0.236 e. The Balaban J connectivity index is 2.19. The van der Waals surface area contributed by atoms with Crippen LogP contribution in [-0.4, -0.2) is 17.4 Å². The first-order valence-corrected chi connectivity index (χ1v) is 7.59. The van der Waals surface area contributed by atoms with Crippen LogP contribution in [-0.2, 0) is 16.2 Å². The molecule has 0 unspecified atom stereocenters. The normalized spacial score (nSPS) is 12.7. The number of fused-ring (bicyclic) bond motifs is 1. The van der Waals surface area contributed by atoms with Crippen LogP contribution in [0.2, 0.25) is 0 Å². The van der Waals surface area contributed by atoms with Crippen molar-refractivity contribution in [2.75, 3.05) is 0 Å². The second-order valence-corrected chi connectivity index (χ2v) is 6.37. The average molecular weight is 326 g/mol. The molecule has 1 aromatic heterocycles. The predicted molar refractivity (Wildman–Crippen MR) is 73.8 cm³/mol. The molecule has 0 N–H and O–H groups in total. The van der Waals surface area contributed by atoms with Gasteiger partial charge < -0.3 is 0 Å². The molecule has 0 saturated heterocycles. The van der Waals surface area contributed by atoms with E-state index in [9.17, 15) is 21.6 Å². The first-order valence-electron chi connectivity index (χ1n) is 6.15. The summed E-state index contributed by atoms with van der Waals surface area (Å²) in [5.41, 5.74) is -0.268. The van der Waals surface area contributed by atoms with Gasteiger partial charge in [0.25, 0.3) is 10.0 Å². The topological polar surface area (TPSA) is 52.0 Å². The van der Waals surface area contributed by atoms with Crippen LogP contribution in [0.5, 0.6) is 0 Å². The van der Waals surface area contributed by atoms with E-state index < -0.39 is 26.7 Å². The molecule has 0 amide bonds. The number of benzene rings is 2. The summed E-state index contributed by atoms with van der Waals surface area (Å²) in [4.78, 5) is 3.50. The minimum atomic E-state index is -4.61. The van der Waals surface area contributed by atoms with Crippen LogP contribution in [0.15, 0.2) is 59.8 Å². The van der Waals surface area contributed by atoms with Gasteiger partial charge in [-0.05, 0) is 30.3 Å². The van der Waals surface area contributed by atoms with Crippen LogP contribution in [0.25, 0.3) is 11.0 Å². The number of rotatable bonds is 2. The molecule has 3 rings (SSSR count). The summed E-state index contributed by atoms with van der Waals surface area (Å²) in [7, 11) is -4.15. The summed E-state index contributed by atoms with van der Waals surface area (Å²) in [5.74, 6) is 0. The Bertz CT molecular complexity index is 946. The highest BCUT2D eigenvalue weighted by molar-refractivity contribution is 7.90. The largest absolute Gasteiger partial charge is 0.416 e. The molecule has 0 radical (unpaired) electrons. The van der Waals surface area contributed by atoms with E-state index in [1.807, 2.05) is 0 Å². The van der Waals surface area contributed by atoms with Gasteiger partial charge in [-0.2, -0.15) is 13.2 Å². The lowest BCUT2D eigenvalue weighted by Gasteiger charge is -2.10. The molecule has 22 heavy (non-hydrogen) atoms. The Hall–Kier alpha value is -2.35. The van der Waals surface area contributed by atoms with Gasteiger partial charge in [0, 0.05) is 0 Å². The van der Waals surface area contributed by atoms with Gasteiger partial charge in [-0.25, -0.2) is 17.4 Å². The van der Waals surface area contributed by atoms with Gasteiger partial charge in [-0.1, -0.05) is 18.2 Å². The number of halogens is 3. The molecular weight excluding hydrogens is 317 g/mol. The maximum atomic E-state index is 12.7. The third-order valence-electron chi connectivity index (χ3n) is 3.14. The van der Waals surface area contributed by atoms with Gasteiger partial charge in [0.05, 0.1) is 21.5 Å². The third-order valence-corrected chi connectivity index (χ3v) is 4.80. The first kappa shape index (κ1) is 14.6. The van der Waals surface area contributed by atoms with Crippen LogP contribution < -0.4 is 0 Å². The lowest BCUT2D eigenvalue weighted by atomic mass is 10.2. The molecule has 0 fully saturated rings. The highest BCUT2D eigenvalue weighted by atomic mass is 32.2. The lowest BCUT2D eigenvalue weighted by Crippen LogP contribution is -2.13. The van der Waals surface area contributed by atoms with E-state index >= 15 is 0 Å². The highest BCUT2D eigenvalue weighted by Gasteiger charge is 2.32. The van der Waals surface area contributed by atoms with Gasteiger partial charge in [0.1, 0.15) is 6.33 Å². The minimum absolute atomic E-state index is 0.305. The van der Waals surface area contributed by atoms with E-state index in [0.717, 1.165) is 28.5 Å². The summed E-state index contributed by atoms with van der Waals surface area (Å²) in [5, 5.41) is 0. The Morgan fingerprint density at radius 2 is 1.73 bits per heavy atom. The Kier molecular flexibility index (Phi) is 3.21. The predicted octanol–water partition coefficient (Wildman–Crippen LogP) is 3.29. The Labute approximate surface area is 123 Å². The fraction of sp³-hybridized carbons (Fsp3) is 0.0714. The number of imidazole rings is 1. The Morgan fingerprint density at radius 1 is 1.00 bits per heavy atom. The summed E-state index contributed by atoms with van der Waals surface area (Å²) >= 11 is 0. The summed E-state index contributed by atoms with van der Waals surface area (Å²) in [6, 6.07) is 10.1. The molecule has 0 aliphatic carbocycles. The van der Waals surface area contributed by atoms with Crippen molar-refractivity contribution in [3.8, 4) is 0 Å². The van der Waals surface area contributed by atoms with E-state index in [0.29, 0.717) is 17.1 Å². The van der Waals surface area contributed by atoms with Gasteiger partial charge in [-0.15, -0.1) is 0 Å². The van der Waals surface area contributed by atoms with Crippen molar-refractivity contribution in [1.29, 1.82) is 0 Å². The summed E-state index contributed by atoms with van der Waals surface area (Å²) < 4.78 is 64.2. The van der Waals surface area contributed by atoms with Crippen molar-refractivity contribution in [2.24, 2.45) is 0 Å². The number of alkyl halides is 3. The Morgan fingerprint density at radius 3 is 2.45 bits per heavy atom. The molecule has 8 heteroatoms. The second kappa shape index (κ2) is 4.84. The summed E-state index contributed by atoms with van der Waals surface area (Å²) in [6.07, 6.45) is -3.53. The number of hydrogen-bond acceptors (Lipinski definition) is 3. The first-order chi connectivity index (χ1) is 10.3. The molecule has 0 saturated carbocycles. The highest BCUT2D eigenvalue weighted by Crippen LogP contribution is 2.31. The minimum Gasteiger partial charge on any atom is -0.236 e. The fourth-order valence-electron chi connectivity index (χ4n) is 2.07. The quantitative estimate of drug-likeness (QED) is 0.726. The number of para-hydroxylation sites is 2. The van der Waals surface area contributed by atoms with Crippen LogP contribution >= 0.6 is 0 Å². The number of aromatic nitrogens is 2. The second-order valence-electron chi connectivity index (χ2n) is 4.56. The molecule has 4 nitrogen and oxygen atoms in total. The van der Waals surface area contributed by atoms with Gasteiger partial charge in [-0.3, -0.25) is 0 Å². The SMILES string of the molecule is O=S(=O)(c1cccc(C(F)(F)F)c1)n1cnc2ccccc21. The fourth-order valence-corrected chi connectivity index (χ4v) is 3.41. The van der Waals surface area contributed by atoms with Crippen molar-refractivity contribution in [1.82, 2.24) is 8.96 Å². The maximum absolute atomic E-state index is 12.7. The molecule has 0 spiro atoms. The third kappa shape index (κ3) is 2.35. The molecule has 0 aliphatic heterocycles. The zero-order valence-electron chi connectivity index (χ0n) is 10.9. The van der Waals surface area contributed by atoms with Crippen molar-refractivity contribution < 1.29 is 21.6 Å². The summed E-state index contributed by atoms with van der Waals surface area (Å²) in [6.45, 7) is 0. The van der Waals surface area contributed by atoms with Crippen molar-refractivity contribution in [3.05, 3.63) is 60.4 Å². The van der Waals surface area contributed by atoms with Crippen LogP contribution in [0.1, 0.15) is 5.56 Å². The van der Waals surface area contributed by atoms with E-state index in [4.69, 9.17) is 0 Å². The van der Waals surface area contributed by atoms with Gasteiger partial charge in [0.15, 0.2) is 0 Å². The molecule has 3 aromatic rings. The standard InChI is InChI=1S/C14H9F3N2O2S/c15-14(16,17)10-4-3-5-11(8-10)22(20,21)19-9-18-12-6-1-2-7-13(12)19/h1-9H. The van der Waals surface area contributed by atoms with E-state index in [-0.39, 0.29) is 0 Å². The lowest BCUT2D eigenvalue weighted by molar-refractivity contribution is -0.137. The van der Waals surface area contributed by atoms with Crippen LogP contribution in [0.4, 0.5) is 13.2 Å². The molecule has 2 aromatic carbocycles. The average Bonchev–Trinajstić information content (AvgIpc) is 2.91. The monoisotopic (exact) mass is 326 g/mol. The molecular formula is C14H9F3N2O2S. The maximum Gasteiger partial charge on any atom is 0.416 e. The van der Waals surface area contributed by atoms with Crippen molar-refractivity contribution in [2.45, 2.75) is 11.1 Å². The molecule has 0 bridgehead atoms. The van der Waals surface area contributed by atoms with Gasteiger partial charge in [0.2, 0.25) is 0 Å². The van der Waals surface area contributed by atoms with E-state index in [1.54, 1.807) is 18.2 Å². The van der Waals surface area contributed by atoms with Crippen LogP contribution in [0, 0.1) is 0 Å².